The zero-order valence-electron chi connectivity index (χ0n) is 11.1. The first-order valence-corrected chi connectivity index (χ1v) is 6.37. The first kappa shape index (κ1) is 14.0. The quantitative estimate of drug-likeness (QED) is 0.786. The molecule has 0 bridgehead atoms. The van der Waals surface area contributed by atoms with Crippen molar-refractivity contribution in [2.75, 3.05) is 26.2 Å². The standard InChI is InChI=1S/C13H23N3O/c1-11(9-16-6-4-5-7-16)8-15-12(17)13(2,3)10-14/h11H,4-9H2,1-3H3,(H,15,17). The summed E-state index contributed by atoms with van der Waals surface area (Å²) in [5.41, 5.74) is -0.923. The van der Waals surface area contributed by atoms with Gasteiger partial charge in [0.05, 0.1) is 6.07 Å². The summed E-state index contributed by atoms with van der Waals surface area (Å²) in [7, 11) is 0. The maximum absolute atomic E-state index is 11.7. The van der Waals surface area contributed by atoms with Gasteiger partial charge in [-0.1, -0.05) is 6.92 Å². The minimum Gasteiger partial charge on any atom is -0.354 e. The third kappa shape index (κ3) is 4.35. The van der Waals surface area contributed by atoms with Crippen LogP contribution in [-0.4, -0.2) is 37.0 Å². The van der Waals surface area contributed by atoms with Crippen molar-refractivity contribution in [3.8, 4) is 6.07 Å². The summed E-state index contributed by atoms with van der Waals surface area (Å²) in [6.07, 6.45) is 2.58. The highest BCUT2D eigenvalue weighted by molar-refractivity contribution is 5.84. The molecule has 1 fully saturated rings. The maximum Gasteiger partial charge on any atom is 0.239 e. The van der Waals surface area contributed by atoms with E-state index >= 15 is 0 Å². The van der Waals surface area contributed by atoms with Crippen molar-refractivity contribution in [3.05, 3.63) is 0 Å². The molecule has 1 unspecified atom stereocenters. The number of carbonyl (C=O) groups excluding carboxylic acids is 1. The van der Waals surface area contributed by atoms with Gasteiger partial charge in [0, 0.05) is 13.1 Å². The highest BCUT2D eigenvalue weighted by atomic mass is 16.2. The normalized spacial score (nSPS) is 18.7. The number of nitrogens with zero attached hydrogens (tertiary/aromatic N) is 2. The molecule has 0 aromatic carbocycles. The summed E-state index contributed by atoms with van der Waals surface area (Å²) in [5, 5.41) is 11.7. The van der Waals surface area contributed by atoms with Crippen LogP contribution < -0.4 is 5.32 Å². The molecule has 0 aliphatic carbocycles. The van der Waals surface area contributed by atoms with E-state index in [1.807, 2.05) is 6.07 Å². The number of nitrogens with one attached hydrogen (secondary N) is 1. The molecule has 1 aliphatic heterocycles. The Labute approximate surface area is 104 Å². The Kier molecular flexibility index (Phi) is 4.95. The van der Waals surface area contributed by atoms with Crippen molar-refractivity contribution in [3.63, 3.8) is 0 Å². The van der Waals surface area contributed by atoms with Crippen LogP contribution in [0.15, 0.2) is 0 Å². The van der Waals surface area contributed by atoms with Gasteiger partial charge >= 0.3 is 0 Å². The van der Waals surface area contributed by atoms with Crippen molar-refractivity contribution < 1.29 is 4.79 Å². The van der Waals surface area contributed by atoms with E-state index in [-0.39, 0.29) is 5.91 Å². The minimum absolute atomic E-state index is 0.173. The zero-order chi connectivity index (χ0) is 12.9. The van der Waals surface area contributed by atoms with Crippen LogP contribution in [0.1, 0.15) is 33.6 Å². The smallest absolute Gasteiger partial charge is 0.239 e. The Bertz CT molecular complexity index is 300. The molecule has 0 radical (unpaired) electrons. The summed E-state index contributed by atoms with van der Waals surface area (Å²) in [4.78, 5) is 14.1. The predicted molar refractivity (Wildman–Crippen MR) is 67.2 cm³/mol. The number of rotatable bonds is 5. The molecule has 0 saturated carbocycles. The van der Waals surface area contributed by atoms with Gasteiger partial charge in [0.15, 0.2) is 0 Å². The Balaban J connectivity index is 2.26. The molecule has 1 atom stereocenters. The molecule has 0 spiro atoms. The number of likely N-dealkylation sites (tertiary alicyclic amines) is 1. The molecule has 1 heterocycles. The lowest BCUT2D eigenvalue weighted by molar-refractivity contribution is -0.126. The van der Waals surface area contributed by atoms with Crippen LogP contribution in [0.5, 0.6) is 0 Å². The highest BCUT2D eigenvalue weighted by Crippen LogP contribution is 2.13. The highest BCUT2D eigenvalue weighted by Gasteiger charge is 2.27. The van der Waals surface area contributed by atoms with Crippen LogP contribution >= 0.6 is 0 Å². The molecule has 1 amide bonds. The molecule has 96 valence electrons. The van der Waals surface area contributed by atoms with Crippen molar-refractivity contribution >= 4 is 5.91 Å². The number of hydrogen-bond acceptors (Lipinski definition) is 3. The average Bonchev–Trinajstić information content (AvgIpc) is 2.78. The largest absolute Gasteiger partial charge is 0.354 e. The minimum atomic E-state index is -0.923. The Morgan fingerprint density at radius 3 is 2.59 bits per heavy atom. The molecule has 1 saturated heterocycles. The van der Waals surface area contributed by atoms with E-state index in [2.05, 4.69) is 17.1 Å². The monoisotopic (exact) mass is 237 g/mol. The summed E-state index contributed by atoms with van der Waals surface area (Å²) in [5.74, 6) is 0.264. The third-order valence-electron chi connectivity index (χ3n) is 3.23. The fraction of sp³-hybridized carbons (Fsp3) is 0.846. The van der Waals surface area contributed by atoms with E-state index in [0.29, 0.717) is 12.5 Å². The first-order chi connectivity index (χ1) is 7.95. The molecule has 0 aromatic heterocycles. The van der Waals surface area contributed by atoms with Crippen LogP contribution in [-0.2, 0) is 4.79 Å². The van der Waals surface area contributed by atoms with Gasteiger partial charge in [0.25, 0.3) is 0 Å². The summed E-state index contributed by atoms with van der Waals surface area (Å²) < 4.78 is 0. The van der Waals surface area contributed by atoms with Crippen LogP contribution in [0.25, 0.3) is 0 Å². The van der Waals surface area contributed by atoms with Gasteiger partial charge in [0.2, 0.25) is 5.91 Å². The van der Waals surface area contributed by atoms with Gasteiger partial charge in [-0.25, -0.2) is 0 Å². The summed E-state index contributed by atoms with van der Waals surface area (Å²) in [6.45, 7) is 9.48. The van der Waals surface area contributed by atoms with Crippen molar-refractivity contribution in [2.45, 2.75) is 33.6 Å². The number of nitriles is 1. The van der Waals surface area contributed by atoms with Crippen LogP contribution in [0.3, 0.4) is 0 Å². The fourth-order valence-corrected chi connectivity index (χ4v) is 2.01. The molecule has 4 nitrogen and oxygen atoms in total. The van der Waals surface area contributed by atoms with Crippen molar-refractivity contribution in [2.24, 2.45) is 11.3 Å². The lowest BCUT2D eigenvalue weighted by Gasteiger charge is -2.22. The third-order valence-corrected chi connectivity index (χ3v) is 3.23. The van der Waals surface area contributed by atoms with Crippen molar-refractivity contribution in [1.29, 1.82) is 5.26 Å². The number of amides is 1. The molecular weight excluding hydrogens is 214 g/mol. The Hall–Kier alpha value is -1.08. The van der Waals surface area contributed by atoms with Gasteiger partial charge in [-0.3, -0.25) is 4.79 Å². The Morgan fingerprint density at radius 1 is 1.47 bits per heavy atom. The van der Waals surface area contributed by atoms with E-state index in [0.717, 1.165) is 6.54 Å². The molecule has 0 aromatic rings. The van der Waals surface area contributed by atoms with Gasteiger partial charge in [-0.2, -0.15) is 5.26 Å². The van der Waals surface area contributed by atoms with Gasteiger partial charge in [0.1, 0.15) is 5.41 Å². The molecule has 1 N–H and O–H groups in total. The van der Waals surface area contributed by atoms with Gasteiger partial charge < -0.3 is 10.2 Å². The van der Waals surface area contributed by atoms with E-state index < -0.39 is 5.41 Å². The maximum atomic E-state index is 11.7. The second-order valence-electron chi connectivity index (χ2n) is 5.56. The van der Waals surface area contributed by atoms with E-state index in [1.54, 1.807) is 13.8 Å². The molecular formula is C13H23N3O. The topological polar surface area (TPSA) is 56.1 Å². The average molecular weight is 237 g/mol. The van der Waals surface area contributed by atoms with E-state index in [1.165, 1.54) is 25.9 Å². The molecule has 1 aliphatic rings. The number of hydrogen-bond donors (Lipinski definition) is 1. The van der Waals surface area contributed by atoms with Crippen molar-refractivity contribution in [1.82, 2.24) is 10.2 Å². The lowest BCUT2D eigenvalue weighted by atomic mass is 9.94. The SMILES string of the molecule is CC(CNC(=O)C(C)(C)C#N)CN1CCCC1. The van der Waals surface area contributed by atoms with E-state index in [9.17, 15) is 4.79 Å². The predicted octanol–water partition coefficient (Wildman–Crippen LogP) is 1.38. The molecule has 1 rings (SSSR count). The fourth-order valence-electron chi connectivity index (χ4n) is 2.01. The number of carbonyl (C=O) groups is 1. The lowest BCUT2D eigenvalue weighted by Crippen LogP contribution is -2.40. The Morgan fingerprint density at radius 2 is 2.06 bits per heavy atom. The summed E-state index contributed by atoms with van der Waals surface area (Å²) in [6, 6.07) is 2.02. The van der Waals surface area contributed by atoms with Crippen LogP contribution in [0.2, 0.25) is 0 Å². The van der Waals surface area contributed by atoms with Gasteiger partial charge in [-0.15, -0.1) is 0 Å². The van der Waals surface area contributed by atoms with Gasteiger partial charge in [-0.05, 0) is 45.7 Å². The van der Waals surface area contributed by atoms with Crippen LogP contribution in [0.4, 0.5) is 0 Å². The molecule has 17 heavy (non-hydrogen) atoms. The second-order valence-corrected chi connectivity index (χ2v) is 5.56. The molecule has 4 heteroatoms. The zero-order valence-corrected chi connectivity index (χ0v) is 11.1. The van der Waals surface area contributed by atoms with E-state index in [4.69, 9.17) is 5.26 Å². The first-order valence-electron chi connectivity index (χ1n) is 6.37. The second kappa shape index (κ2) is 6.02. The van der Waals surface area contributed by atoms with Crippen LogP contribution in [0, 0.1) is 22.7 Å². The summed E-state index contributed by atoms with van der Waals surface area (Å²) >= 11 is 0.